The topological polar surface area (TPSA) is 89.4 Å². The average molecular weight is 504 g/mol. The number of aldehydes is 1. The molecule has 1 fully saturated rings. The third kappa shape index (κ3) is 5.18. The fraction of sp³-hybridized carbons (Fsp3) is 0.276. The normalized spacial score (nSPS) is 13.6. The Morgan fingerprint density at radius 3 is 2.43 bits per heavy atom. The summed E-state index contributed by atoms with van der Waals surface area (Å²) in [6.07, 6.45) is 2.33. The van der Waals surface area contributed by atoms with Crippen LogP contribution in [0.15, 0.2) is 52.8 Å². The van der Waals surface area contributed by atoms with Crippen molar-refractivity contribution >= 4 is 29.3 Å². The van der Waals surface area contributed by atoms with Gasteiger partial charge in [0.1, 0.15) is 23.4 Å². The third-order valence-corrected chi connectivity index (χ3v) is 6.40. The van der Waals surface area contributed by atoms with Gasteiger partial charge in [-0.15, -0.1) is 0 Å². The number of anilines is 2. The number of rotatable bonds is 8. The van der Waals surface area contributed by atoms with Crippen molar-refractivity contribution in [1.29, 1.82) is 0 Å². The molecule has 0 bridgehead atoms. The van der Waals surface area contributed by atoms with Gasteiger partial charge in [-0.2, -0.15) is 0 Å². The molecule has 192 valence electrons. The highest BCUT2D eigenvalue weighted by Gasteiger charge is 2.32. The van der Waals surface area contributed by atoms with Gasteiger partial charge in [0.05, 0.1) is 18.5 Å². The lowest BCUT2D eigenvalue weighted by Gasteiger charge is -2.23. The Kier molecular flexibility index (Phi) is 7.29. The van der Waals surface area contributed by atoms with E-state index >= 15 is 0 Å². The molecule has 37 heavy (non-hydrogen) atoms. The minimum atomic E-state index is -0.506. The van der Waals surface area contributed by atoms with Crippen LogP contribution in [0.3, 0.4) is 0 Å². The van der Waals surface area contributed by atoms with Crippen LogP contribution in [-0.4, -0.2) is 23.9 Å². The molecule has 4 rings (SSSR count). The number of hydrogen-bond acceptors (Lipinski definition) is 5. The number of allylic oxidation sites excluding steroid dienone is 1. The minimum Gasteiger partial charge on any atom is -0.495 e. The molecule has 0 aliphatic heterocycles. The van der Waals surface area contributed by atoms with Crippen molar-refractivity contribution in [3.8, 4) is 16.9 Å². The van der Waals surface area contributed by atoms with Crippen LogP contribution in [0, 0.1) is 19.7 Å². The van der Waals surface area contributed by atoms with E-state index in [0.717, 1.165) is 24.0 Å². The van der Waals surface area contributed by atoms with Crippen molar-refractivity contribution in [2.45, 2.75) is 46.6 Å². The van der Waals surface area contributed by atoms with Crippen LogP contribution < -0.4 is 20.9 Å². The molecule has 1 aliphatic carbocycles. The van der Waals surface area contributed by atoms with E-state index in [0.29, 0.717) is 23.2 Å². The summed E-state index contributed by atoms with van der Waals surface area (Å²) in [5.74, 6) is -0.454. The monoisotopic (exact) mass is 503 g/mol. The Morgan fingerprint density at radius 2 is 1.84 bits per heavy atom. The maximum atomic E-state index is 14.8. The molecule has 3 aromatic rings. The average Bonchev–Trinajstić information content (AvgIpc) is 3.68. The van der Waals surface area contributed by atoms with Gasteiger partial charge >= 0.3 is 0 Å². The van der Waals surface area contributed by atoms with E-state index < -0.39 is 5.82 Å². The molecule has 7 nitrogen and oxygen atoms in total. The summed E-state index contributed by atoms with van der Waals surface area (Å²) in [6, 6.07) is 12.0. The van der Waals surface area contributed by atoms with Crippen molar-refractivity contribution in [3.05, 3.63) is 81.0 Å². The predicted molar refractivity (Wildman–Crippen MR) is 143 cm³/mol. The lowest BCUT2D eigenvalue weighted by Crippen LogP contribution is -2.28. The number of carbonyl (C=O) groups excluding carboxylic acids is 2. The number of benzene rings is 2. The van der Waals surface area contributed by atoms with Crippen molar-refractivity contribution in [3.63, 3.8) is 0 Å². The first-order chi connectivity index (χ1) is 17.7. The van der Waals surface area contributed by atoms with Gasteiger partial charge in [-0.3, -0.25) is 14.4 Å². The van der Waals surface area contributed by atoms with E-state index in [1.54, 1.807) is 48.7 Å². The zero-order valence-electron chi connectivity index (χ0n) is 21.6. The quantitative estimate of drug-likeness (QED) is 0.308. The van der Waals surface area contributed by atoms with Gasteiger partial charge in [0, 0.05) is 35.5 Å². The number of nitrogens with zero attached hydrogens (tertiary/aromatic N) is 1. The number of ether oxygens (including phenoxy) is 1. The lowest BCUT2D eigenvalue weighted by atomic mass is 9.96. The molecule has 1 aliphatic rings. The second-order valence-electron chi connectivity index (χ2n) is 9.32. The molecule has 2 N–H and O–H groups in total. The minimum absolute atomic E-state index is 0.0170. The zero-order chi connectivity index (χ0) is 26.9. The summed E-state index contributed by atoms with van der Waals surface area (Å²) in [7, 11) is 1.46. The largest absolute Gasteiger partial charge is 0.495 e. The van der Waals surface area contributed by atoms with E-state index in [4.69, 9.17) is 4.74 Å². The second-order valence-corrected chi connectivity index (χ2v) is 9.32. The van der Waals surface area contributed by atoms with Crippen molar-refractivity contribution in [1.82, 2.24) is 4.57 Å². The van der Waals surface area contributed by atoms with Gasteiger partial charge in [-0.25, -0.2) is 4.39 Å². The number of amides is 1. The second kappa shape index (κ2) is 10.4. The number of hydrogen-bond donors (Lipinski definition) is 2. The molecule has 0 atom stereocenters. The van der Waals surface area contributed by atoms with Gasteiger partial charge < -0.3 is 19.9 Å². The molecule has 2 aromatic carbocycles. The molecule has 1 aromatic heterocycles. The predicted octanol–water partition coefficient (Wildman–Crippen LogP) is 5.62. The molecule has 0 spiro atoms. The summed E-state index contributed by atoms with van der Waals surface area (Å²) >= 11 is 0. The number of aromatic nitrogens is 1. The van der Waals surface area contributed by atoms with E-state index in [1.807, 2.05) is 13.0 Å². The summed E-state index contributed by atoms with van der Waals surface area (Å²) in [5.41, 5.74) is 3.77. The van der Waals surface area contributed by atoms with Crippen LogP contribution in [0.1, 0.15) is 49.6 Å². The number of carbonyl (C=O) groups is 2. The number of halogens is 1. The highest BCUT2D eigenvalue weighted by atomic mass is 19.1. The van der Waals surface area contributed by atoms with Crippen LogP contribution in [0.2, 0.25) is 0 Å². The first-order valence-electron chi connectivity index (χ1n) is 12.1. The first-order valence-corrected chi connectivity index (χ1v) is 12.1. The van der Waals surface area contributed by atoms with Gasteiger partial charge in [-0.1, -0.05) is 18.2 Å². The SMILES string of the molecule is COc1c(-c2cccc(NC(C)=O)c2)c(C)n(C2CC2)c(=O)c1/C(Nc1ccc(C)cc1F)=C(/C)C=O. The molecule has 0 radical (unpaired) electrons. The Hall–Kier alpha value is -4.20. The van der Waals surface area contributed by atoms with Gasteiger partial charge in [0.2, 0.25) is 5.91 Å². The van der Waals surface area contributed by atoms with Gasteiger partial charge in [-0.05, 0) is 69.0 Å². The fourth-order valence-corrected chi connectivity index (χ4v) is 4.55. The zero-order valence-corrected chi connectivity index (χ0v) is 21.6. The molecule has 1 amide bonds. The Bertz CT molecular complexity index is 1490. The van der Waals surface area contributed by atoms with Crippen molar-refractivity contribution in [2.75, 3.05) is 17.7 Å². The number of aryl methyl sites for hydroxylation is 1. The highest BCUT2D eigenvalue weighted by Crippen LogP contribution is 2.43. The summed E-state index contributed by atoms with van der Waals surface area (Å²) in [5, 5.41) is 5.79. The van der Waals surface area contributed by atoms with E-state index in [9.17, 15) is 18.8 Å². The molecular formula is C29H30FN3O4. The number of pyridine rings is 1. The maximum Gasteiger partial charge on any atom is 0.264 e. The third-order valence-electron chi connectivity index (χ3n) is 6.40. The van der Waals surface area contributed by atoms with Crippen LogP contribution in [0.5, 0.6) is 5.75 Å². The molecule has 0 unspecified atom stereocenters. The van der Waals surface area contributed by atoms with Crippen LogP contribution in [-0.2, 0) is 9.59 Å². The van der Waals surface area contributed by atoms with Crippen molar-refractivity contribution < 1.29 is 18.7 Å². The van der Waals surface area contributed by atoms with Gasteiger partial charge in [0.15, 0.2) is 0 Å². The number of methoxy groups -OCH3 is 1. The molecule has 8 heteroatoms. The lowest BCUT2D eigenvalue weighted by molar-refractivity contribution is -0.114. The standard InChI is InChI=1S/C29H30FN3O4/c1-16-9-12-24(23(30)13-16)32-27(17(2)15-34)26-28(37-5)25(18(3)33(29(26)36)22-10-11-22)20-7-6-8-21(14-20)31-19(4)35/h6-9,12-15,22,32H,10-11H2,1-5H3,(H,31,35)/b27-17+. The number of nitrogens with one attached hydrogen (secondary N) is 2. The maximum absolute atomic E-state index is 14.8. The Labute approximate surface area is 215 Å². The Balaban J connectivity index is 2.03. The van der Waals surface area contributed by atoms with Gasteiger partial charge in [0.25, 0.3) is 5.56 Å². The summed E-state index contributed by atoms with van der Waals surface area (Å²) in [6.45, 7) is 6.63. The first kappa shape index (κ1) is 25.9. The summed E-state index contributed by atoms with van der Waals surface area (Å²) in [4.78, 5) is 37.6. The summed E-state index contributed by atoms with van der Waals surface area (Å²) < 4.78 is 22.4. The van der Waals surface area contributed by atoms with Crippen LogP contribution in [0.4, 0.5) is 15.8 Å². The highest BCUT2D eigenvalue weighted by molar-refractivity contribution is 5.96. The molecule has 1 heterocycles. The van der Waals surface area contributed by atoms with Crippen LogP contribution in [0.25, 0.3) is 16.8 Å². The van der Waals surface area contributed by atoms with E-state index in [2.05, 4.69) is 10.6 Å². The Morgan fingerprint density at radius 1 is 1.11 bits per heavy atom. The van der Waals surface area contributed by atoms with E-state index in [1.165, 1.54) is 20.1 Å². The fourth-order valence-electron chi connectivity index (χ4n) is 4.55. The van der Waals surface area contributed by atoms with E-state index in [-0.39, 0.29) is 45.8 Å². The molecule has 1 saturated carbocycles. The van der Waals surface area contributed by atoms with Crippen LogP contribution >= 0.6 is 0 Å². The smallest absolute Gasteiger partial charge is 0.264 e. The molecular weight excluding hydrogens is 473 g/mol. The molecule has 0 saturated heterocycles. The van der Waals surface area contributed by atoms with Crippen molar-refractivity contribution in [2.24, 2.45) is 0 Å².